The van der Waals surface area contributed by atoms with E-state index in [4.69, 9.17) is 0 Å². The quantitative estimate of drug-likeness (QED) is 0.760. The lowest BCUT2D eigenvalue weighted by Gasteiger charge is -2.15. The number of nitrogens with zero attached hydrogens (tertiary/aromatic N) is 1. The fourth-order valence-electron chi connectivity index (χ4n) is 2.76. The summed E-state index contributed by atoms with van der Waals surface area (Å²) in [6, 6.07) is 8.40. The van der Waals surface area contributed by atoms with Crippen LogP contribution in [0.1, 0.15) is 30.4 Å². The maximum atomic E-state index is 12.1. The van der Waals surface area contributed by atoms with Crippen LogP contribution in [-0.2, 0) is 11.2 Å². The lowest BCUT2D eigenvalue weighted by Crippen LogP contribution is -2.27. The standard InChI is InChI=1S/C15H17NO/c17-15(16-9-3-4-10-16)11-13-8-7-12-5-1-2-6-14(12)13/h1-2,5-6,8H,3-4,7,9-11H2. The minimum absolute atomic E-state index is 0.297. The minimum atomic E-state index is 0.297. The molecule has 3 rings (SSSR count). The van der Waals surface area contributed by atoms with E-state index in [0.29, 0.717) is 12.3 Å². The Morgan fingerprint density at radius 2 is 1.94 bits per heavy atom. The van der Waals surface area contributed by atoms with E-state index < -0.39 is 0 Å². The molecule has 1 aromatic rings. The molecule has 0 N–H and O–H groups in total. The van der Waals surface area contributed by atoms with Crippen molar-refractivity contribution in [1.29, 1.82) is 0 Å². The lowest BCUT2D eigenvalue weighted by atomic mass is 10.0. The van der Waals surface area contributed by atoms with E-state index in [1.54, 1.807) is 0 Å². The molecule has 17 heavy (non-hydrogen) atoms. The van der Waals surface area contributed by atoms with E-state index in [1.165, 1.54) is 29.5 Å². The Bertz CT molecular complexity index is 470. The summed E-state index contributed by atoms with van der Waals surface area (Å²) in [5.41, 5.74) is 3.86. The summed E-state index contributed by atoms with van der Waals surface area (Å²) >= 11 is 0. The monoisotopic (exact) mass is 227 g/mol. The van der Waals surface area contributed by atoms with Crippen LogP contribution in [0.25, 0.3) is 5.57 Å². The van der Waals surface area contributed by atoms with Crippen molar-refractivity contribution in [2.75, 3.05) is 13.1 Å². The van der Waals surface area contributed by atoms with Gasteiger partial charge in [-0.15, -0.1) is 0 Å². The van der Waals surface area contributed by atoms with Crippen LogP contribution in [0, 0.1) is 0 Å². The van der Waals surface area contributed by atoms with Crippen LogP contribution in [0.2, 0.25) is 0 Å². The first-order valence-corrected chi connectivity index (χ1v) is 6.40. The Hall–Kier alpha value is -1.57. The molecule has 1 aliphatic carbocycles. The van der Waals surface area contributed by atoms with Gasteiger partial charge in [0.1, 0.15) is 0 Å². The summed E-state index contributed by atoms with van der Waals surface area (Å²) in [5.74, 6) is 0.297. The molecule has 0 radical (unpaired) electrons. The number of carbonyl (C=O) groups excluding carboxylic acids is 1. The van der Waals surface area contributed by atoms with Crippen LogP contribution in [-0.4, -0.2) is 23.9 Å². The van der Waals surface area contributed by atoms with Gasteiger partial charge in [0.15, 0.2) is 0 Å². The normalized spacial score (nSPS) is 18.1. The van der Waals surface area contributed by atoms with Gasteiger partial charge in [-0.3, -0.25) is 4.79 Å². The highest BCUT2D eigenvalue weighted by molar-refractivity contribution is 5.90. The van der Waals surface area contributed by atoms with Gasteiger partial charge in [-0.05, 0) is 36.0 Å². The molecule has 0 spiro atoms. The lowest BCUT2D eigenvalue weighted by molar-refractivity contribution is -0.128. The molecule has 1 aliphatic heterocycles. The summed E-state index contributed by atoms with van der Waals surface area (Å²) in [7, 11) is 0. The molecule has 0 aromatic heterocycles. The van der Waals surface area contributed by atoms with Crippen molar-refractivity contribution in [3.05, 3.63) is 41.5 Å². The molecule has 1 aromatic carbocycles. The Labute approximate surface area is 102 Å². The average molecular weight is 227 g/mol. The fraction of sp³-hybridized carbons (Fsp3) is 0.400. The minimum Gasteiger partial charge on any atom is -0.342 e. The van der Waals surface area contributed by atoms with Crippen molar-refractivity contribution in [3.63, 3.8) is 0 Å². The van der Waals surface area contributed by atoms with Gasteiger partial charge in [0.2, 0.25) is 5.91 Å². The fourth-order valence-corrected chi connectivity index (χ4v) is 2.76. The Kier molecular flexibility index (Phi) is 2.71. The van der Waals surface area contributed by atoms with Gasteiger partial charge >= 0.3 is 0 Å². The first kappa shape index (κ1) is 10.6. The van der Waals surface area contributed by atoms with Crippen LogP contribution in [0.5, 0.6) is 0 Å². The van der Waals surface area contributed by atoms with Gasteiger partial charge in [0, 0.05) is 13.1 Å². The number of likely N-dealkylation sites (tertiary alicyclic amines) is 1. The van der Waals surface area contributed by atoms with E-state index in [9.17, 15) is 4.79 Å². The zero-order chi connectivity index (χ0) is 11.7. The third kappa shape index (κ3) is 1.99. The molecule has 0 unspecified atom stereocenters. The number of hydrogen-bond donors (Lipinski definition) is 0. The number of hydrogen-bond acceptors (Lipinski definition) is 1. The zero-order valence-electron chi connectivity index (χ0n) is 9.98. The second kappa shape index (κ2) is 4.36. The van der Waals surface area contributed by atoms with Crippen molar-refractivity contribution in [1.82, 2.24) is 4.90 Å². The van der Waals surface area contributed by atoms with E-state index >= 15 is 0 Å². The van der Waals surface area contributed by atoms with Crippen LogP contribution in [0.3, 0.4) is 0 Å². The van der Waals surface area contributed by atoms with E-state index in [1.807, 2.05) is 4.90 Å². The molecule has 1 heterocycles. The summed E-state index contributed by atoms with van der Waals surface area (Å²) in [6.45, 7) is 1.90. The predicted molar refractivity (Wildman–Crippen MR) is 68.6 cm³/mol. The molecule has 0 atom stereocenters. The maximum absolute atomic E-state index is 12.1. The third-order valence-corrected chi connectivity index (χ3v) is 3.73. The molecule has 1 fully saturated rings. The highest BCUT2D eigenvalue weighted by Crippen LogP contribution is 2.30. The SMILES string of the molecule is O=C(CC1=CCc2ccccc21)N1CCCC1. The maximum Gasteiger partial charge on any atom is 0.226 e. The molecule has 2 aliphatic rings. The van der Waals surface area contributed by atoms with E-state index in [2.05, 4.69) is 30.3 Å². The molecular weight excluding hydrogens is 210 g/mol. The van der Waals surface area contributed by atoms with Gasteiger partial charge in [0.05, 0.1) is 6.42 Å². The van der Waals surface area contributed by atoms with Crippen LogP contribution in [0.4, 0.5) is 0 Å². The summed E-state index contributed by atoms with van der Waals surface area (Å²) in [5, 5.41) is 0. The van der Waals surface area contributed by atoms with Crippen LogP contribution < -0.4 is 0 Å². The van der Waals surface area contributed by atoms with Crippen LogP contribution >= 0.6 is 0 Å². The van der Waals surface area contributed by atoms with E-state index in [0.717, 1.165) is 19.5 Å². The van der Waals surface area contributed by atoms with Gasteiger partial charge in [-0.1, -0.05) is 30.3 Å². The number of benzene rings is 1. The first-order chi connectivity index (χ1) is 8.34. The molecule has 2 nitrogen and oxygen atoms in total. The zero-order valence-corrected chi connectivity index (χ0v) is 9.98. The number of allylic oxidation sites excluding steroid dienone is 1. The van der Waals surface area contributed by atoms with Crippen molar-refractivity contribution >= 4 is 11.5 Å². The topological polar surface area (TPSA) is 20.3 Å². The van der Waals surface area contributed by atoms with Gasteiger partial charge in [-0.2, -0.15) is 0 Å². The number of amides is 1. The first-order valence-electron chi connectivity index (χ1n) is 6.40. The Morgan fingerprint density at radius 1 is 1.18 bits per heavy atom. The molecule has 1 saturated heterocycles. The molecule has 2 heteroatoms. The van der Waals surface area contributed by atoms with Crippen LogP contribution in [0.15, 0.2) is 30.3 Å². The Balaban J connectivity index is 1.72. The molecular formula is C15H17NO. The highest BCUT2D eigenvalue weighted by atomic mass is 16.2. The highest BCUT2D eigenvalue weighted by Gasteiger charge is 2.21. The van der Waals surface area contributed by atoms with Gasteiger partial charge in [-0.25, -0.2) is 0 Å². The second-order valence-electron chi connectivity index (χ2n) is 4.86. The number of carbonyl (C=O) groups is 1. The van der Waals surface area contributed by atoms with Crippen molar-refractivity contribution in [2.45, 2.75) is 25.7 Å². The van der Waals surface area contributed by atoms with Gasteiger partial charge in [0.25, 0.3) is 0 Å². The predicted octanol–water partition coefficient (Wildman–Crippen LogP) is 2.64. The van der Waals surface area contributed by atoms with Crippen molar-refractivity contribution in [2.24, 2.45) is 0 Å². The largest absolute Gasteiger partial charge is 0.342 e. The van der Waals surface area contributed by atoms with Gasteiger partial charge < -0.3 is 4.90 Å². The summed E-state index contributed by atoms with van der Waals surface area (Å²) in [4.78, 5) is 14.1. The summed E-state index contributed by atoms with van der Waals surface area (Å²) in [6.07, 6.45) is 6.11. The average Bonchev–Trinajstić information content (AvgIpc) is 2.98. The van der Waals surface area contributed by atoms with Crippen molar-refractivity contribution in [3.8, 4) is 0 Å². The molecule has 0 saturated carbocycles. The number of fused-ring (bicyclic) bond motifs is 1. The number of rotatable bonds is 2. The molecule has 88 valence electrons. The molecule has 0 bridgehead atoms. The Morgan fingerprint density at radius 3 is 2.76 bits per heavy atom. The molecule has 1 amide bonds. The summed E-state index contributed by atoms with van der Waals surface area (Å²) < 4.78 is 0. The third-order valence-electron chi connectivity index (χ3n) is 3.73. The second-order valence-corrected chi connectivity index (χ2v) is 4.86. The van der Waals surface area contributed by atoms with E-state index in [-0.39, 0.29) is 0 Å². The smallest absolute Gasteiger partial charge is 0.226 e. The van der Waals surface area contributed by atoms with Crippen molar-refractivity contribution < 1.29 is 4.79 Å².